The average molecular weight is 183 g/mol. The standard InChI is InChI=1S/C11H21NO/c1-9-3-4-10(2)12(9)11-5-7-13-8-6-11/h9-11H,3-8H2,1-2H3. The maximum atomic E-state index is 5.40. The quantitative estimate of drug-likeness (QED) is 0.617. The first-order valence-electron chi connectivity index (χ1n) is 5.64. The highest BCUT2D eigenvalue weighted by molar-refractivity contribution is 4.88. The monoisotopic (exact) mass is 183 g/mol. The van der Waals surface area contributed by atoms with Gasteiger partial charge in [-0.2, -0.15) is 0 Å². The van der Waals surface area contributed by atoms with Crippen LogP contribution in [0.25, 0.3) is 0 Å². The van der Waals surface area contributed by atoms with Crippen molar-refractivity contribution < 1.29 is 4.74 Å². The van der Waals surface area contributed by atoms with Gasteiger partial charge in [-0.25, -0.2) is 0 Å². The molecule has 2 atom stereocenters. The SMILES string of the molecule is CC1CCC(C)N1C1CCOCC1. The molecule has 0 saturated carbocycles. The van der Waals surface area contributed by atoms with E-state index in [1.807, 2.05) is 0 Å². The van der Waals surface area contributed by atoms with Crippen LogP contribution in [0.3, 0.4) is 0 Å². The van der Waals surface area contributed by atoms with E-state index in [1.165, 1.54) is 25.7 Å². The van der Waals surface area contributed by atoms with Crippen molar-refractivity contribution in [3.8, 4) is 0 Å². The molecule has 2 aliphatic heterocycles. The fourth-order valence-electron chi connectivity index (χ4n) is 2.92. The minimum absolute atomic E-state index is 0.804. The molecule has 0 aliphatic carbocycles. The van der Waals surface area contributed by atoms with Crippen LogP contribution in [0.2, 0.25) is 0 Å². The molecule has 0 spiro atoms. The van der Waals surface area contributed by atoms with Crippen molar-refractivity contribution in [2.75, 3.05) is 13.2 Å². The number of ether oxygens (including phenoxy) is 1. The fraction of sp³-hybridized carbons (Fsp3) is 1.00. The van der Waals surface area contributed by atoms with Crippen LogP contribution in [0.5, 0.6) is 0 Å². The zero-order valence-corrected chi connectivity index (χ0v) is 8.83. The summed E-state index contributed by atoms with van der Waals surface area (Å²) < 4.78 is 5.40. The van der Waals surface area contributed by atoms with Gasteiger partial charge < -0.3 is 4.74 Å². The summed E-state index contributed by atoms with van der Waals surface area (Å²) >= 11 is 0. The van der Waals surface area contributed by atoms with Crippen molar-refractivity contribution in [3.05, 3.63) is 0 Å². The average Bonchev–Trinajstić information content (AvgIpc) is 2.48. The van der Waals surface area contributed by atoms with Crippen molar-refractivity contribution in [1.29, 1.82) is 0 Å². The van der Waals surface area contributed by atoms with E-state index in [-0.39, 0.29) is 0 Å². The second-order valence-corrected chi connectivity index (χ2v) is 4.57. The van der Waals surface area contributed by atoms with E-state index < -0.39 is 0 Å². The highest BCUT2D eigenvalue weighted by Crippen LogP contribution is 2.29. The first-order valence-corrected chi connectivity index (χ1v) is 5.64. The summed E-state index contributed by atoms with van der Waals surface area (Å²) in [5.74, 6) is 0. The molecule has 76 valence electrons. The summed E-state index contributed by atoms with van der Waals surface area (Å²) in [6.45, 7) is 6.69. The Morgan fingerprint density at radius 2 is 1.46 bits per heavy atom. The van der Waals surface area contributed by atoms with Crippen LogP contribution >= 0.6 is 0 Å². The molecule has 2 nitrogen and oxygen atoms in total. The molecule has 2 aliphatic rings. The molecule has 0 aromatic carbocycles. The number of rotatable bonds is 1. The lowest BCUT2D eigenvalue weighted by Gasteiger charge is -2.37. The molecule has 0 aromatic rings. The maximum absolute atomic E-state index is 5.40. The van der Waals surface area contributed by atoms with Crippen LogP contribution in [0.15, 0.2) is 0 Å². The predicted octanol–water partition coefficient (Wildman–Crippen LogP) is 2.04. The molecular formula is C11H21NO. The van der Waals surface area contributed by atoms with Crippen molar-refractivity contribution in [1.82, 2.24) is 4.90 Å². The molecule has 0 aromatic heterocycles. The molecule has 0 amide bonds. The topological polar surface area (TPSA) is 12.5 Å². The van der Waals surface area contributed by atoms with Gasteiger partial charge >= 0.3 is 0 Å². The molecule has 2 unspecified atom stereocenters. The highest BCUT2D eigenvalue weighted by atomic mass is 16.5. The van der Waals surface area contributed by atoms with Crippen LogP contribution in [0, 0.1) is 0 Å². The molecule has 2 heteroatoms. The Balaban J connectivity index is 1.96. The lowest BCUT2D eigenvalue weighted by Crippen LogP contribution is -2.44. The predicted molar refractivity (Wildman–Crippen MR) is 53.8 cm³/mol. The highest BCUT2D eigenvalue weighted by Gasteiger charge is 2.33. The Labute approximate surface area is 81.3 Å². The smallest absolute Gasteiger partial charge is 0.0480 e. The minimum Gasteiger partial charge on any atom is -0.381 e. The Morgan fingerprint density at radius 1 is 0.923 bits per heavy atom. The Morgan fingerprint density at radius 3 is 2.00 bits per heavy atom. The molecular weight excluding hydrogens is 162 g/mol. The molecule has 2 fully saturated rings. The zero-order valence-electron chi connectivity index (χ0n) is 8.83. The van der Waals surface area contributed by atoms with E-state index in [0.29, 0.717) is 0 Å². The van der Waals surface area contributed by atoms with Crippen LogP contribution in [-0.2, 0) is 4.74 Å². The van der Waals surface area contributed by atoms with Crippen molar-refractivity contribution in [2.24, 2.45) is 0 Å². The lowest BCUT2D eigenvalue weighted by molar-refractivity contribution is 0.0192. The van der Waals surface area contributed by atoms with Crippen LogP contribution in [-0.4, -0.2) is 36.2 Å². The van der Waals surface area contributed by atoms with E-state index in [0.717, 1.165) is 31.3 Å². The third-order valence-corrected chi connectivity index (χ3v) is 3.63. The Hall–Kier alpha value is -0.0800. The minimum atomic E-state index is 0.804. The maximum Gasteiger partial charge on any atom is 0.0480 e. The van der Waals surface area contributed by atoms with Gasteiger partial charge in [-0.1, -0.05) is 0 Å². The largest absolute Gasteiger partial charge is 0.381 e. The summed E-state index contributed by atoms with van der Waals surface area (Å²) in [4.78, 5) is 2.72. The van der Waals surface area contributed by atoms with Gasteiger partial charge in [0.25, 0.3) is 0 Å². The van der Waals surface area contributed by atoms with E-state index in [1.54, 1.807) is 0 Å². The third-order valence-electron chi connectivity index (χ3n) is 3.63. The normalized spacial score (nSPS) is 38.3. The molecule has 0 radical (unpaired) electrons. The van der Waals surface area contributed by atoms with Gasteiger partial charge in [-0.15, -0.1) is 0 Å². The van der Waals surface area contributed by atoms with Gasteiger partial charge in [0.2, 0.25) is 0 Å². The summed E-state index contributed by atoms with van der Waals surface area (Å²) in [5.41, 5.74) is 0. The summed E-state index contributed by atoms with van der Waals surface area (Å²) in [5, 5.41) is 0. The molecule has 0 N–H and O–H groups in total. The fourth-order valence-corrected chi connectivity index (χ4v) is 2.92. The third kappa shape index (κ3) is 1.89. The summed E-state index contributed by atoms with van der Waals surface area (Å²) in [6.07, 6.45) is 5.26. The molecule has 13 heavy (non-hydrogen) atoms. The first-order chi connectivity index (χ1) is 6.29. The van der Waals surface area contributed by atoms with Gasteiger partial charge in [0, 0.05) is 31.3 Å². The zero-order chi connectivity index (χ0) is 9.26. The van der Waals surface area contributed by atoms with Crippen molar-refractivity contribution in [3.63, 3.8) is 0 Å². The van der Waals surface area contributed by atoms with Crippen molar-refractivity contribution >= 4 is 0 Å². The van der Waals surface area contributed by atoms with Gasteiger partial charge in [-0.05, 0) is 39.5 Å². The van der Waals surface area contributed by atoms with Gasteiger partial charge in [0.1, 0.15) is 0 Å². The first kappa shape index (κ1) is 9.47. The second kappa shape index (κ2) is 3.97. The Kier molecular flexibility index (Phi) is 2.89. The lowest BCUT2D eigenvalue weighted by atomic mass is 10.1. The van der Waals surface area contributed by atoms with Gasteiger partial charge in [0.05, 0.1) is 0 Å². The van der Waals surface area contributed by atoms with Gasteiger partial charge in [0.15, 0.2) is 0 Å². The van der Waals surface area contributed by atoms with Crippen LogP contribution < -0.4 is 0 Å². The van der Waals surface area contributed by atoms with Crippen molar-refractivity contribution in [2.45, 2.75) is 57.7 Å². The summed E-state index contributed by atoms with van der Waals surface area (Å²) in [6, 6.07) is 2.41. The van der Waals surface area contributed by atoms with Gasteiger partial charge in [-0.3, -0.25) is 4.90 Å². The number of nitrogens with zero attached hydrogens (tertiary/aromatic N) is 1. The molecule has 2 rings (SSSR count). The van der Waals surface area contributed by atoms with E-state index in [2.05, 4.69) is 18.7 Å². The van der Waals surface area contributed by atoms with Crippen LogP contribution in [0.4, 0.5) is 0 Å². The second-order valence-electron chi connectivity index (χ2n) is 4.57. The molecule has 2 saturated heterocycles. The number of hydrogen-bond acceptors (Lipinski definition) is 2. The Bertz CT molecular complexity index is 155. The molecule has 0 bridgehead atoms. The van der Waals surface area contributed by atoms with E-state index in [4.69, 9.17) is 4.74 Å². The molecule has 2 heterocycles. The number of hydrogen-bond donors (Lipinski definition) is 0. The van der Waals surface area contributed by atoms with Crippen LogP contribution in [0.1, 0.15) is 39.5 Å². The summed E-state index contributed by atoms with van der Waals surface area (Å²) in [7, 11) is 0. The van der Waals surface area contributed by atoms with E-state index >= 15 is 0 Å². The van der Waals surface area contributed by atoms with E-state index in [9.17, 15) is 0 Å². The number of likely N-dealkylation sites (tertiary alicyclic amines) is 1.